The van der Waals surface area contributed by atoms with Crippen molar-refractivity contribution in [3.63, 3.8) is 0 Å². The van der Waals surface area contributed by atoms with Gasteiger partial charge in [-0.1, -0.05) is 12.1 Å². The molecule has 1 unspecified atom stereocenters. The number of tetrazole rings is 1. The number of rotatable bonds is 4. The molecule has 25 heavy (non-hydrogen) atoms. The minimum absolute atomic E-state index is 0.0678. The second-order valence-electron chi connectivity index (χ2n) is 6.14. The van der Waals surface area contributed by atoms with Gasteiger partial charge in [0.25, 0.3) is 0 Å². The zero-order chi connectivity index (χ0) is 17.4. The highest BCUT2D eigenvalue weighted by Crippen LogP contribution is 2.38. The van der Waals surface area contributed by atoms with E-state index >= 15 is 0 Å². The van der Waals surface area contributed by atoms with Crippen LogP contribution < -0.4 is 10.1 Å². The molecule has 0 aliphatic heterocycles. The SMILES string of the molecule is COc1ccc2c(c1F)CCC2Nc1cc(-n2cnnn2)ccc1C. The van der Waals surface area contributed by atoms with E-state index in [1.54, 1.807) is 17.1 Å². The van der Waals surface area contributed by atoms with E-state index in [-0.39, 0.29) is 11.9 Å². The first-order chi connectivity index (χ1) is 12.2. The number of aromatic nitrogens is 4. The lowest BCUT2D eigenvalue weighted by molar-refractivity contribution is 0.384. The lowest BCUT2D eigenvalue weighted by Crippen LogP contribution is -2.09. The molecule has 0 spiro atoms. The summed E-state index contributed by atoms with van der Waals surface area (Å²) in [6, 6.07) is 9.69. The van der Waals surface area contributed by atoms with E-state index in [0.29, 0.717) is 12.2 Å². The van der Waals surface area contributed by atoms with Crippen molar-refractivity contribution >= 4 is 5.69 Å². The van der Waals surface area contributed by atoms with Crippen LogP contribution in [-0.2, 0) is 6.42 Å². The lowest BCUT2D eigenvalue weighted by atomic mass is 10.1. The molecule has 0 amide bonds. The van der Waals surface area contributed by atoms with Gasteiger partial charge in [-0.3, -0.25) is 0 Å². The third-order valence-electron chi connectivity index (χ3n) is 4.69. The number of hydrogen-bond acceptors (Lipinski definition) is 5. The zero-order valence-electron chi connectivity index (χ0n) is 14.0. The highest BCUT2D eigenvalue weighted by atomic mass is 19.1. The highest BCUT2D eigenvalue weighted by Gasteiger charge is 2.27. The number of methoxy groups -OCH3 is 1. The summed E-state index contributed by atoms with van der Waals surface area (Å²) in [7, 11) is 1.49. The molecule has 1 aromatic heterocycles. The summed E-state index contributed by atoms with van der Waals surface area (Å²) in [5, 5.41) is 14.8. The minimum atomic E-state index is -0.247. The minimum Gasteiger partial charge on any atom is -0.494 e. The summed E-state index contributed by atoms with van der Waals surface area (Å²) < 4.78 is 21.1. The summed E-state index contributed by atoms with van der Waals surface area (Å²) in [5.74, 6) is 0.0553. The van der Waals surface area contributed by atoms with Crippen LogP contribution >= 0.6 is 0 Å². The van der Waals surface area contributed by atoms with Crippen molar-refractivity contribution in [3.05, 3.63) is 59.2 Å². The van der Waals surface area contributed by atoms with Gasteiger partial charge < -0.3 is 10.1 Å². The van der Waals surface area contributed by atoms with Crippen molar-refractivity contribution in [3.8, 4) is 11.4 Å². The van der Waals surface area contributed by atoms with Gasteiger partial charge in [0.15, 0.2) is 11.6 Å². The van der Waals surface area contributed by atoms with Crippen LogP contribution in [0.3, 0.4) is 0 Å². The van der Waals surface area contributed by atoms with Crippen molar-refractivity contribution in [2.45, 2.75) is 25.8 Å². The summed E-state index contributed by atoms with van der Waals surface area (Å²) in [5.41, 5.74) is 4.70. The van der Waals surface area contributed by atoms with Crippen molar-refractivity contribution in [1.82, 2.24) is 20.2 Å². The molecule has 128 valence electrons. The molecule has 1 aliphatic rings. The molecule has 1 heterocycles. The van der Waals surface area contributed by atoms with Gasteiger partial charge in [-0.15, -0.1) is 5.10 Å². The average molecular weight is 339 g/mol. The van der Waals surface area contributed by atoms with E-state index in [0.717, 1.165) is 34.5 Å². The first-order valence-electron chi connectivity index (χ1n) is 8.13. The quantitative estimate of drug-likeness (QED) is 0.791. The number of hydrogen-bond donors (Lipinski definition) is 1. The van der Waals surface area contributed by atoms with Crippen LogP contribution in [0.15, 0.2) is 36.7 Å². The third kappa shape index (κ3) is 2.71. The van der Waals surface area contributed by atoms with Crippen LogP contribution in [0.25, 0.3) is 5.69 Å². The highest BCUT2D eigenvalue weighted by molar-refractivity contribution is 5.58. The van der Waals surface area contributed by atoms with Crippen molar-refractivity contribution in [2.24, 2.45) is 0 Å². The maximum absolute atomic E-state index is 14.4. The molecule has 2 aromatic carbocycles. The van der Waals surface area contributed by atoms with E-state index in [2.05, 4.69) is 20.8 Å². The molecular formula is C18H18FN5O. The Morgan fingerprint density at radius 1 is 1.28 bits per heavy atom. The molecule has 4 rings (SSSR count). The van der Waals surface area contributed by atoms with Crippen molar-refractivity contribution in [1.29, 1.82) is 0 Å². The Balaban J connectivity index is 1.65. The maximum Gasteiger partial charge on any atom is 0.168 e. The Hall–Kier alpha value is -2.96. The zero-order valence-corrected chi connectivity index (χ0v) is 14.0. The molecule has 0 bridgehead atoms. The van der Waals surface area contributed by atoms with Crippen LogP contribution in [0.5, 0.6) is 5.75 Å². The van der Waals surface area contributed by atoms with Crippen LogP contribution in [0.1, 0.15) is 29.2 Å². The molecule has 0 saturated carbocycles. The largest absolute Gasteiger partial charge is 0.494 e. The number of anilines is 1. The summed E-state index contributed by atoms with van der Waals surface area (Å²) in [6.45, 7) is 2.04. The fraction of sp³-hybridized carbons (Fsp3) is 0.278. The predicted molar refractivity (Wildman–Crippen MR) is 91.5 cm³/mol. The van der Waals surface area contributed by atoms with Gasteiger partial charge in [-0.2, -0.15) is 0 Å². The standard InChI is InChI=1S/C18H18FN5O/c1-11-3-4-12(24-10-20-22-23-24)9-16(11)21-15-7-5-14-13(15)6-8-17(25-2)18(14)19/h3-4,6,8-10,15,21H,5,7H2,1-2H3. The third-order valence-corrected chi connectivity index (χ3v) is 4.69. The van der Waals surface area contributed by atoms with Crippen LogP contribution in [0, 0.1) is 12.7 Å². The number of benzene rings is 2. The second kappa shape index (κ2) is 6.16. The first kappa shape index (κ1) is 15.6. The van der Waals surface area contributed by atoms with E-state index in [1.165, 1.54) is 7.11 Å². The second-order valence-corrected chi connectivity index (χ2v) is 6.14. The van der Waals surface area contributed by atoms with Crippen molar-refractivity contribution < 1.29 is 9.13 Å². The average Bonchev–Trinajstić information content (AvgIpc) is 3.28. The fourth-order valence-corrected chi connectivity index (χ4v) is 3.32. The van der Waals surface area contributed by atoms with Gasteiger partial charge in [-0.25, -0.2) is 9.07 Å². The number of halogens is 1. The number of nitrogens with one attached hydrogen (secondary N) is 1. The Morgan fingerprint density at radius 2 is 2.16 bits per heavy atom. The molecule has 0 saturated heterocycles. The molecular weight excluding hydrogens is 321 g/mol. The summed E-state index contributed by atoms with van der Waals surface area (Å²) in [6.07, 6.45) is 3.09. The Morgan fingerprint density at radius 3 is 2.92 bits per heavy atom. The van der Waals surface area contributed by atoms with E-state index in [1.807, 2.05) is 31.2 Å². The van der Waals surface area contributed by atoms with Gasteiger partial charge in [-0.05, 0) is 65.1 Å². The van der Waals surface area contributed by atoms with Crippen LogP contribution in [-0.4, -0.2) is 27.3 Å². The molecule has 0 radical (unpaired) electrons. The van der Waals surface area contributed by atoms with E-state index in [4.69, 9.17) is 4.74 Å². The lowest BCUT2D eigenvalue weighted by Gasteiger charge is -2.18. The van der Waals surface area contributed by atoms with Crippen molar-refractivity contribution in [2.75, 3.05) is 12.4 Å². The molecule has 1 aliphatic carbocycles. The van der Waals surface area contributed by atoms with Gasteiger partial charge in [0.2, 0.25) is 0 Å². The number of fused-ring (bicyclic) bond motifs is 1. The van der Waals surface area contributed by atoms with Gasteiger partial charge in [0, 0.05) is 5.69 Å². The van der Waals surface area contributed by atoms with Crippen LogP contribution in [0.2, 0.25) is 0 Å². The van der Waals surface area contributed by atoms with Gasteiger partial charge >= 0.3 is 0 Å². The number of nitrogens with zero attached hydrogens (tertiary/aromatic N) is 4. The van der Waals surface area contributed by atoms with E-state index in [9.17, 15) is 4.39 Å². The smallest absolute Gasteiger partial charge is 0.168 e. The molecule has 1 atom stereocenters. The normalized spacial score (nSPS) is 15.9. The Kier molecular flexibility index (Phi) is 3.83. The van der Waals surface area contributed by atoms with Gasteiger partial charge in [0.1, 0.15) is 6.33 Å². The first-order valence-corrected chi connectivity index (χ1v) is 8.13. The Bertz CT molecular complexity index is 910. The fourth-order valence-electron chi connectivity index (χ4n) is 3.32. The predicted octanol–water partition coefficient (Wildman–Crippen LogP) is 3.22. The Labute approximate surface area is 144 Å². The number of ether oxygens (including phenoxy) is 1. The summed E-state index contributed by atoms with van der Waals surface area (Å²) >= 11 is 0. The van der Waals surface area contributed by atoms with E-state index < -0.39 is 0 Å². The topological polar surface area (TPSA) is 64.9 Å². The summed E-state index contributed by atoms with van der Waals surface area (Å²) in [4.78, 5) is 0. The molecule has 0 fully saturated rings. The molecule has 3 aromatic rings. The molecule has 7 heteroatoms. The molecule has 6 nitrogen and oxygen atoms in total. The monoisotopic (exact) mass is 339 g/mol. The maximum atomic E-state index is 14.4. The molecule has 1 N–H and O–H groups in total. The van der Waals surface area contributed by atoms with Gasteiger partial charge in [0.05, 0.1) is 18.8 Å². The number of aryl methyl sites for hydroxylation is 1. The van der Waals surface area contributed by atoms with Crippen LogP contribution in [0.4, 0.5) is 10.1 Å².